The van der Waals surface area contributed by atoms with E-state index in [4.69, 9.17) is 22.1 Å². The molecule has 71 heavy (non-hydrogen) atoms. The van der Waals surface area contributed by atoms with Crippen LogP contribution in [0.1, 0.15) is 6.92 Å². The van der Waals surface area contributed by atoms with Gasteiger partial charge in [0.05, 0.1) is 46.0 Å². The summed E-state index contributed by atoms with van der Waals surface area (Å²) in [6, 6.07) is 55.9. The van der Waals surface area contributed by atoms with E-state index in [-0.39, 0.29) is 17.5 Å². The lowest BCUT2D eigenvalue weighted by Gasteiger charge is -2.07. The van der Waals surface area contributed by atoms with Gasteiger partial charge in [-0.1, -0.05) is 179 Å². The number of hydrogen-bond acceptors (Lipinski definition) is 16. The van der Waals surface area contributed by atoms with Crippen LogP contribution in [0.2, 0.25) is 0 Å². The number of carboxylic acids is 1. The van der Waals surface area contributed by atoms with Gasteiger partial charge in [0.2, 0.25) is 15.1 Å². The SMILES string of the molecule is CCOC(=O)CSc1nnnn1-c1cccc2ccccc12.O=C(O)CSc1nnnn1-c1cccc2ccccc12.S=C=Nc1cccc2ccccc12.S=c1nn[nH]n1-c1cccc2ccccc12. The second kappa shape index (κ2) is 24.3. The Morgan fingerprint density at radius 3 is 1.52 bits per heavy atom. The van der Waals surface area contributed by atoms with Gasteiger partial charge in [-0.05, 0) is 98.0 Å². The molecule has 0 amide bonds. The second-order valence-corrected chi connectivity index (χ2v) is 17.1. The molecule has 0 aliphatic heterocycles. The van der Waals surface area contributed by atoms with Crippen molar-refractivity contribution in [3.05, 3.63) is 175 Å². The number of carboxylic acid groups (broad SMARTS) is 1. The minimum atomic E-state index is -0.900. The number of tetrazole rings is 3. The van der Waals surface area contributed by atoms with Crippen LogP contribution < -0.4 is 0 Å². The number of aliphatic carboxylic acids is 1. The van der Waals surface area contributed by atoms with Crippen molar-refractivity contribution in [2.75, 3.05) is 18.1 Å². The average Bonchev–Trinajstić information content (AvgIpc) is 4.20. The second-order valence-electron chi connectivity index (χ2n) is 14.6. The Morgan fingerprint density at radius 2 is 1.04 bits per heavy atom. The number of aromatic nitrogens is 12. The smallest absolute Gasteiger partial charge is 0.316 e. The number of H-pyrrole nitrogens is 1. The number of esters is 1. The summed E-state index contributed by atoms with van der Waals surface area (Å²) in [5, 5.41) is 54.4. The van der Waals surface area contributed by atoms with Gasteiger partial charge >= 0.3 is 11.9 Å². The molecule has 21 heteroatoms. The van der Waals surface area contributed by atoms with Crippen LogP contribution in [-0.4, -0.2) is 101 Å². The summed E-state index contributed by atoms with van der Waals surface area (Å²) >= 11 is 12.0. The first kappa shape index (κ1) is 49.1. The number of nitrogens with zero attached hydrogens (tertiary/aromatic N) is 12. The number of ether oxygens (including phenoxy) is 1. The standard InChI is InChI=1S/C15H14N4O2S.C13H10N4O2S.C11H8N4S.C11H7NS/c1-2-21-14(20)10-22-15-16-17-18-19(15)13-9-5-7-11-6-3-4-8-12(11)13;18-12(19)8-20-13-14-15-16-17(13)11-7-3-5-9-4-1-2-6-10(9)11;16-11-12-13-14-15(11)10-7-3-5-8-4-1-2-6-9(8)10;13-8-12-11-7-3-5-9-4-1-2-6-10(9)11/h3-9H,2,10H2,1H3;1-7H,8H2,(H,18,19);1-7H,(H,12,14,16);1-7H. The highest BCUT2D eigenvalue weighted by atomic mass is 32.2. The van der Waals surface area contributed by atoms with Gasteiger partial charge in [0.15, 0.2) is 0 Å². The van der Waals surface area contributed by atoms with Gasteiger partial charge in [0.25, 0.3) is 0 Å². The largest absolute Gasteiger partial charge is 0.481 e. The quantitative estimate of drug-likeness (QED) is 0.0534. The first-order chi connectivity index (χ1) is 34.8. The minimum Gasteiger partial charge on any atom is -0.481 e. The van der Waals surface area contributed by atoms with Gasteiger partial charge < -0.3 is 9.84 Å². The zero-order valence-corrected chi connectivity index (χ0v) is 40.7. The third kappa shape index (κ3) is 12.3. The lowest BCUT2D eigenvalue weighted by atomic mass is 10.1. The number of carbonyl (C=O) groups is 2. The van der Waals surface area contributed by atoms with E-state index in [1.807, 2.05) is 146 Å². The molecule has 11 rings (SSSR count). The van der Waals surface area contributed by atoms with Gasteiger partial charge in [-0.2, -0.15) is 19.6 Å². The third-order valence-electron chi connectivity index (χ3n) is 10.2. The Hall–Kier alpha value is -8.33. The van der Waals surface area contributed by atoms with Gasteiger partial charge in [-0.25, -0.2) is 4.68 Å². The Morgan fingerprint density at radius 1 is 0.606 bits per heavy atom. The Balaban J connectivity index is 0.000000129. The van der Waals surface area contributed by atoms with Crippen LogP contribution in [0.3, 0.4) is 0 Å². The Bertz CT molecular complexity index is 3700. The van der Waals surface area contributed by atoms with Gasteiger partial charge in [-0.3, -0.25) is 9.59 Å². The number of fused-ring (bicyclic) bond motifs is 4. The summed E-state index contributed by atoms with van der Waals surface area (Å²) in [6.45, 7) is 2.15. The molecule has 0 spiro atoms. The van der Waals surface area contributed by atoms with Crippen LogP contribution in [0.4, 0.5) is 5.69 Å². The number of thiocarbonyl (C=S) groups is 1. The number of thioether (sulfide) groups is 2. The Kier molecular flexibility index (Phi) is 16.8. The summed E-state index contributed by atoms with van der Waals surface area (Å²) in [4.78, 5) is 26.1. The van der Waals surface area contributed by atoms with E-state index >= 15 is 0 Å². The van der Waals surface area contributed by atoms with Gasteiger partial charge in [0, 0.05) is 21.5 Å². The number of benzene rings is 8. The maximum absolute atomic E-state index is 11.5. The normalized spacial score (nSPS) is 10.5. The first-order valence-electron chi connectivity index (χ1n) is 21.5. The zero-order valence-electron chi connectivity index (χ0n) is 37.5. The molecule has 17 nitrogen and oxygen atoms in total. The number of nitrogens with one attached hydrogen (secondary N) is 1. The molecule has 8 aromatic carbocycles. The number of isothiocyanates is 1. The van der Waals surface area contributed by atoms with E-state index in [0.29, 0.717) is 21.7 Å². The van der Waals surface area contributed by atoms with Crippen molar-refractivity contribution < 1.29 is 19.4 Å². The number of aliphatic imine (C=N–C) groups is 1. The van der Waals surface area contributed by atoms with Gasteiger partial charge in [0.1, 0.15) is 0 Å². The molecule has 0 bridgehead atoms. The molecule has 0 aliphatic rings. The van der Waals surface area contributed by atoms with E-state index < -0.39 is 5.97 Å². The molecule has 0 saturated carbocycles. The summed E-state index contributed by atoms with van der Waals surface area (Å²) in [6.07, 6.45) is 0. The zero-order chi connectivity index (χ0) is 49.4. The number of carbonyl (C=O) groups excluding carboxylic acids is 1. The molecule has 0 fully saturated rings. The topological polar surface area (TPSA) is 210 Å². The van der Waals surface area contributed by atoms with Crippen molar-refractivity contribution in [3.8, 4) is 17.1 Å². The van der Waals surface area contributed by atoms with Gasteiger partial charge in [-0.15, -0.1) is 10.2 Å². The molecule has 3 aromatic heterocycles. The first-order valence-corrected chi connectivity index (χ1v) is 24.3. The van der Waals surface area contributed by atoms with Crippen molar-refractivity contribution in [3.63, 3.8) is 0 Å². The molecule has 2 N–H and O–H groups in total. The molecule has 11 aromatic rings. The molecule has 0 aliphatic carbocycles. The summed E-state index contributed by atoms with van der Waals surface area (Å²) in [5.41, 5.74) is 3.57. The monoisotopic (exact) mass is 1010 g/mol. The lowest BCUT2D eigenvalue weighted by Crippen LogP contribution is -2.08. The molecule has 0 unspecified atom stereocenters. The fourth-order valence-corrected chi connectivity index (χ4v) is 8.76. The van der Waals surface area contributed by atoms with Crippen LogP contribution in [-0.2, 0) is 14.3 Å². The fraction of sp³-hybridized carbons (Fsp3) is 0.0800. The Labute approximate surface area is 423 Å². The average molecular weight is 1010 g/mol. The summed E-state index contributed by atoms with van der Waals surface area (Å²) in [7, 11) is 0. The summed E-state index contributed by atoms with van der Waals surface area (Å²) in [5.74, 6) is -1.08. The number of aromatic amines is 1. The number of hydrogen-bond donors (Lipinski definition) is 2. The van der Waals surface area contributed by atoms with Crippen molar-refractivity contribution >= 4 is 114 Å². The van der Waals surface area contributed by atoms with Crippen LogP contribution in [0.5, 0.6) is 0 Å². The third-order valence-corrected chi connectivity index (χ3v) is 12.4. The summed E-state index contributed by atoms with van der Waals surface area (Å²) < 4.78 is 10.2. The highest BCUT2D eigenvalue weighted by Gasteiger charge is 2.15. The molecule has 0 atom stereocenters. The lowest BCUT2D eigenvalue weighted by molar-refractivity contribution is -0.140. The van der Waals surface area contributed by atoms with E-state index in [2.05, 4.69) is 93.2 Å². The molecular formula is C50H39N13O4S4. The molecule has 0 radical (unpaired) electrons. The molecule has 352 valence electrons. The predicted molar refractivity (Wildman–Crippen MR) is 282 cm³/mol. The molecular weight excluding hydrogens is 975 g/mol. The van der Waals surface area contributed by atoms with Crippen molar-refractivity contribution in [2.45, 2.75) is 17.2 Å². The maximum atomic E-state index is 11.5. The van der Waals surface area contributed by atoms with E-state index in [0.717, 1.165) is 72.2 Å². The van der Waals surface area contributed by atoms with Crippen LogP contribution >= 0.6 is 48.0 Å². The van der Waals surface area contributed by atoms with E-state index in [9.17, 15) is 9.59 Å². The van der Waals surface area contributed by atoms with Crippen molar-refractivity contribution in [1.29, 1.82) is 0 Å². The van der Waals surface area contributed by atoms with Crippen LogP contribution in [0.15, 0.2) is 185 Å². The maximum Gasteiger partial charge on any atom is 0.316 e. The molecule has 0 saturated heterocycles. The minimum absolute atomic E-state index is 0.0782. The van der Waals surface area contributed by atoms with Crippen LogP contribution in [0, 0.1) is 4.77 Å². The number of rotatable bonds is 11. The highest BCUT2D eigenvalue weighted by molar-refractivity contribution is 8.00. The highest BCUT2D eigenvalue weighted by Crippen LogP contribution is 2.28. The van der Waals surface area contributed by atoms with Crippen LogP contribution in [0.25, 0.3) is 60.2 Å². The van der Waals surface area contributed by atoms with Crippen molar-refractivity contribution in [1.82, 2.24) is 60.6 Å². The predicted octanol–water partition coefficient (Wildman–Crippen LogP) is 10.5. The molecule has 3 heterocycles. The van der Waals surface area contributed by atoms with E-state index in [1.54, 1.807) is 21.0 Å². The fourth-order valence-electron chi connectivity index (χ4n) is 7.19. The van der Waals surface area contributed by atoms with E-state index in [1.165, 1.54) is 17.1 Å². The van der Waals surface area contributed by atoms with Crippen molar-refractivity contribution in [2.24, 2.45) is 4.99 Å².